The number of nitrogens with one attached hydrogen (secondary N) is 2. The third kappa shape index (κ3) is 3.66. The van der Waals surface area contributed by atoms with Gasteiger partial charge < -0.3 is 15.4 Å². The molecule has 0 fully saturated rings. The maximum absolute atomic E-state index is 11.9. The molecule has 1 aromatic carbocycles. The number of nitro benzene ring substituents is 1. The van der Waals surface area contributed by atoms with E-state index < -0.39 is 11.0 Å². The molecule has 0 unspecified atom stereocenters. The van der Waals surface area contributed by atoms with E-state index in [4.69, 9.17) is 4.74 Å². The maximum Gasteiger partial charge on any atom is 0.323 e. The van der Waals surface area contributed by atoms with Crippen LogP contribution in [0.2, 0.25) is 0 Å². The van der Waals surface area contributed by atoms with Gasteiger partial charge in [-0.05, 0) is 18.2 Å². The number of ether oxygens (including phenoxy) is 1. The van der Waals surface area contributed by atoms with Crippen molar-refractivity contribution < 1.29 is 14.5 Å². The number of aromatic nitrogens is 1. The highest BCUT2D eigenvalue weighted by molar-refractivity contribution is 6.00. The van der Waals surface area contributed by atoms with Gasteiger partial charge in [0.05, 0.1) is 17.7 Å². The Morgan fingerprint density at radius 2 is 1.95 bits per heavy atom. The van der Waals surface area contributed by atoms with Gasteiger partial charge >= 0.3 is 6.03 Å². The van der Waals surface area contributed by atoms with Gasteiger partial charge in [-0.1, -0.05) is 0 Å². The first-order valence-corrected chi connectivity index (χ1v) is 5.90. The summed E-state index contributed by atoms with van der Waals surface area (Å²) in [7, 11) is 1.41. The summed E-state index contributed by atoms with van der Waals surface area (Å²) >= 11 is 0. The quantitative estimate of drug-likeness (QED) is 0.664. The predicted octanol–water partition coefficient (Wildman–Crippen LogP) is 2.64. The zero-order chi connectivity index (χ0) is 15.2. The fourth-order valence-corrected chi connectivity index (χ4v) is 1.63. The van der Waals surface area contributed by atoms with Gasteiger partial charge in [0, 0.05) is 30.2 Å². The second kappa shape index (κ2) is 6.33. The average Bonchev–Trinajstić information content (AvgIpc) is 2.48. The molecule has 0 aliphatic heterocycles. The van der Waals surface area contributed by atoms with E-state index in [-0.39, 0.29) is 11.4 Å². The summed E-state index contributed by atoms with van der Waals surface area (Å²) in [6.07, 6.45) is 3.06. The minimum absolute atomic E-state index is 0.144. The van der Waals surface area contributed by atoms with Gasteiger partial charge in [-0.3, -0.25) is 15.1 Å². The molecule has 21 heavy (non-hydrogen) atoms. The van der Waals surface area contributed by atoms with Gasteiger partial charge in [0.2, 0.25) is 0 Å². The van der Waals surface area contributed by atoms with Gasteiger partial charge in [0.15, 0.2) is 0 Å². The first-order valence-electron chi connectivity index (χ1n) is 5.90. The molecule has 2 N–H and O–H groups in total. The number of non-ortho nitro benzene ring substituents is 1. The van der Waals surface area contributed by atoms with E-state index in [0.29, 0.717) is 11.4 Å². The van der Waals surface area contributed by atoms with Gasteiger partial charge in [0.1, 0.15) is 5.75 Å². The van der Waals surface area contributed by atoms with E-state index in [1.54, 1.807) is 12.1 Å². The molecule has 8 nitrogen and oxygen atoms in total. The number of nitro groups is 1. The van der Waals surface area contributed by atoms with E-state index in [9.17, 15) is 14.9 Å². The molecule has 1 aromatic heterocycles. The minimum Gasteiger partial charge on any atom is -0.495 e. The number of hydrogen-bond donors (Lipinski definition) is 2. The van der Waals surface area contributed by atoms with Crippen LogP contribution in [0.1, 0.15) is 0 Å². The van der Waals surface area contributed by atoms with Gasteiger partial charge in [0.25, 0.3) is 5.69 Å². The smallest absolute Gasteiger partial charge is 0.323 e. The number of methoxy groups -OCH3 is 1. The number of carbonyl (C=O) groups is 1. The third-order valence-electron chi connectivity index (χ3n) is 2.58. The molecule has 0 aliphatic rings. The SMILES string of the molecule is COc1ccc([N+](=O)[O-])cc1NC(=O)Nc1ccncc1. The van der Waals surface area contributed by atoms with Crippen molar-refractivity contribution in [3.63, 3.8) is 0 Å². The standard InChI is InChI=1S/C13H12N4O4/c1-21-12-3-2-10(17(19)20)8-11(12)16-13(18)15-9-4-6-14-7-5-9/h2-8H,1H3,(H2,14,15,16,18). The van der Waals surface area contributed by atoms with Crippen molar-refractivity contribution in [2.45, 2.75) is 0 Å². The van der Waals surface area contributed by atoms with Crippen LogP contribution in [0.5, 0.6) is 5.75 Å². The molecule has 0 saturated carbocycles. The molecule has 2 aromatic rings. The number of carbonyl (C=O) groups excluding carboxylic acids is 1. The molecular formula is C13H12N4O4. The highest BCUT2D eigenvalue weighted by Gasteiger charge is 2.13. The zero-order valence-corrected chi connectivity index (χ0v) is 11.1. The molecule has 8 heteroatoms. The summed E-state index contributed by atoms with van der Waals surface area (Å²) in [4.78, 5) is 25.9. The fourth-order valence-electron chi connectivity index (χ4n) is 1.63. The lowest BCUT2D eigenvalue weighted by atomic mass is 10.2. The van der Waals surface area contributed by atoms with Crippen LogP contribution in [0, 0.1) is 10.1 Å². The van der Waals surface area contributed by atoms with E-state index in [1.165, 1.54) is 37.7 Å². The molecule has 2 rings (SSSR count). The zero-order valence-electron chi connectivity index (χ0n) is 11.1. The van der Waals surface area contributed by atoms with Crippen molar-refractivity contribution in [2.24, 2.45) is 0 Å². The Balaban J connectivity index is 2.16. The molecular weight excluding hydrogens is 276 g/mol. The average molecular weight is 288 g/mol. The highest BCUT2D eigenvalue weighted by atomic mass is 16.6. The van der Waals surface area contributed by atoms with Crippen molar-refractivity contribution in [3.8, 4) is 5.75 Å². The number of benzene rings is 1. The first kappa shape index (κ1) is 14.3. The lowest BCUT2D eigenvalue weighted by Crippen LogP contribution is -2.19. The number of urea groups is 1. The largest absolute Gasteiger partial charge is 0.495 e. The first-order chi connectivity index (χ1) is 10.1. The molecule has 0 atom stereocenters. The van der Waals surface area contributed by atoms with Crippen molar-refractivity contribution in [1.29, 1.82) is 0 Å². The molecule has 0 spiro atoms. The number of anilines is 2. The number of pyridine rings is 1. The van der Waals surface area contributed by atoms with Crippen molar-refractivity contribution in [3.05, 3.63) is 52.8 Å². The van der Waals surface area contributed by atoms with Crippen LogP contribution in [0.15, 0.2) is 42.7 Å². The Morgan fingerprint density at radius 1 is 1.24 bits per heavy atom. The topological polar surface area (TPSA) is 106 Å². The van der Waals surface area contributed by atoms with E-state index in [1.807, 2.05) is 0 Å². The summed E-state index contributed by atoms with van der Waals surface area (Å²) in [5.74, 6) is 0.325. The summed E-state index contributed by atoms with van der Waals surface area (Å²) in [6.45, 7) is 0. The van der Waals surface area contributed by atoms with Crippen LogP contribution >= 0.6 is 0 Å². The minimum atomic E-state index is -0.550. The number of amides is 2. The number of hydrogen-bond acceptors (Lipinski definition) is 5. The van der Waals surface area contributed by atoms with Crippen LogP contribution in [0.25, 0.3) is 0 Å². The summed E-state index contributed by atoms with van der Waals surface area (Å²) < 4.78 is 5.06. The molecule has 0 aliphatic carbocycles. The Labute approximate surface area is 119 Å². The van der Waals surface area contributed by atoms with E-state index in [2.05, 4.69) is 15.6 Å². The molecule has 0 bridgehead atoms. The molecule has 2 amide bonds. The van der Waals surface area contributed by atoms with Crippen LogP contribution < -0.4 is 15.4 Å². The van der Waals surface area contributed by atoms with Crippen LogP contribution in [-0.4, -0.2) is 23.0 Å². The summed E-state index contributed by atoms with van der Waals surface area (Å²) in [5.41, 5.74) is 0.611. The van der Waals surface area contributed by atoms with Gasteiger partial charge in [-0.15, -0.1) is 0 Å². The normalized spacial score (nSPS) is 9.76. The van der Waals surface area contributed by atoms with Gasteiger partial charge in [-0.2, -0.15) is 0 Å². The molecule has 0 saturated heterocycles. The van der Waals surface area contributed by atoms with Crippen LogP contribution in [0.4, 0.5) is 21.9 Å². The second-order valence-corrected chi connectivity index (χ2v) is 3.96. The number of rotatable bonds is 4. The highest BCUT2D eigenvalue weighted by Crippen LogP contribution is 2.28. The van der Waals surface area contributed by atoms with Crippen LogP contribution in [0.3, 0.4) is 0 Å². The maximum atomic E-state index is 11.9. The summed E-state index contributed by atoms with van der Waals surface area (Å²) in [5, 5.41) is 15.8. The fraction of sp³-hybridized carbons (Fsp3) is 0.0769. The molecule has 0 radical (unpaired) electrons. The Hall–Kier alpha value is -3.16. The molecule has 1 heterocycles. The monoisotopic (exact) mass is 288 g/mol. The molecule has 108 valence electrons. The van der Waals surface area contributed by atoms with E-state index in [0.717, 1.165) is 0 Å². The Kier molecular flexibility index (Phi) is 4.30. The number of nitrogens with zero attached hydrogens (tertiary/aromatic N) is 2. The predicted molar refractivity (Wildman–Crippen MR) is 76.5 cm³/mol. The van der Waals surface area contributed by atoms with E-state index >= 15 is 0 Å². The lowest BCUT2D eigenvalue weighted by molar-refractivity contribution is -0.384. The second-order valence-electron chi connectivity index (χ2n) is 3.96. The van der Waals surface area contributed by atoms with Crippen LogP contribution in [-0.2, 0) is 0 Å². The lowest BCUT2D eigenvalue weighted by Gasteiger charge is -2.10. The Bertz CT molecular complexity index is 660. The Morgan fingerprint density at radius 3 is 2.57 bits per heavy atom. The van der Waals surface area contributed by atoms with Gasteiger partial charge in [-0.25, -0.2) is 4.79 Å². The third-order valence-corrected chi connectivity index (χ3v) is 2.58. The van der Waals surface area contributed by atoms with Crippen molar-refractivity contribution in [1.82, 2.24) is 4.98 Å². The van der Waals surface area contributed by atoms with Crippen molar-refractivity contribution >= 4 is 23.1 Å². The van der Waals surface area contributed by atoms with Crippen molar-refractivity contribution in [2.75, 3.05) is 17.7 Å². The summed E-state index contributed by atoms with van der Waals surface area (Å²) in [6, 6.07) is 6.63.